The monoisotopic (exact) mass is 415 g/mol. The molecule has 3 heterocycles. The molecule has 30 heavy (non-hydrogen) atoms. The average molecular weight is 416 g/mol. The summed E-state index contributed by atoms with van der Waals surface area (Å²) in [5.41, 5.74) is 10.0. The van der Waals surface area contributed by atoms with E-state index in [1.807, 2.05) is 30.3 Å². The van der Waals surface area contributed by atoms with Crippen molar-refractivity contribution in [2.24, 2.45) is 0 Å². The fraction of sp³-hybridized carbons (Fsp3) is 0.174. The van der Waals surface area contributed by atoms with Gasteiger partial charge >= 0.3 is 0 Å². The van der Waals surface area contributed by atoms with Crippen molar-refractivity contribution >= 4 is 39.0 Å². The topological polar surface area (TPSA) is 84.1 Å². The molecule has 0 fully saturated rings. The van der Waals surface area contributed by atoms with E-state index in [0.29, 0.717) is 16.5 Å². The highest BCUT2D eigenvalue weighted by molar-refractivity contribution is 7.18. The van der Waals surface area contributed by atoms with Crippen LogP contribution in [0.25, 0.3) is 21.2 Å². The Balaban J connectivity index is 1.40. The zero-order valence-corrected chi connectivity index (χ0v) is 17.4. The SMILES string of the molecule is CN1CCc2cc(C(=O)Nc3cc4cc(-c5cnc(N)s5)ccc4cn3)ccc2C1. The Morgan fingerprint density at radius 2 is 1.97 bits per heavy atom. The zero-order chi connectivity index (χ0) is 20.7. The van der Waals surface area contributed by atoms with Gasteiger partial charge in [-0.25, -0.2) is 9.97 Å². The maximum Gasteiger partial charge on any atom is 0.256 e. The maximum atomic E-state index is 12.8. The van der Waals surface area contributed by atoms with Crippen LogP contribution in [0.3, 0.4) is 0 Å². The van der Waals surface area contributed by atoms with E-state index in [9.17, 15) is 4.79 Å². The number of nitrogens with one attached hydrogen (secondary N) is 1. The van der Waals surface area contributed by atoms with E-state index in [4.69, 9.17) is 5.73 Å². The summed E-state index contributed by atoms with van der Waals surface area (Å²) in [6.45, 7) is 1.94. The molecule has 4 aromatic rings. The van der Waals surface area contributed by atoms with Gasteiger partial charge < -0.3 is 16.0 Å². The molecule has 1 aliphatic rings. The number of fused-ring (bicyclic) bond motifs is 2. The molecule has 0 atom stereocenters. The van der Waals surface area contributed by atoms with Gasteiger partial charge in [0.05, 0.1) is 4.88 Å². The average Bonchev–Trinajstić information content (AvgIpc) is 3.19. The maximum absolute atomic E-state index is 12.8. The number of pyridine rings is 1. The number of hydrogen-bond acceptors (Lipinski definition) is 6. The van der Waals surface area contributed by atoms with Gasteiger partial charge in [0.1, 0.15) is 5.82 Å². The van der Waals surface area contributed by atoms with E-state index in [1.54, 1.807) is 12.4 Å². The molecule has 0 radical (unpaired) electrons. The number of thiazole rings is 1. The third-order valence-corrected chi connectivity index (χ3v) is 6.32. The molecule has 0 saturated heterocycles. The first kappa shape index (κ1) is 18.7. The van der Waals surface area contributed by atoms with Gasteiger partial charge in [0.2, 0.25) is 0 Å². The lowest BCUT2D eigenvalue weighted by Crippen LogP contribution is -2.27. The predicted octanol–water partition coefficient (Wildman–Crippen LogP) is 4.18. The fourth-order valence-electron chi connectivity index (χ4n) is 3.81. The predicted molar refractivity (Wildman–Crippen MR) is 122 cm³/mol. The molecule has 5 rings (SSSR count). The van der Waals surface area contributed by atoms with Gasteiger partial charge in [-0.2, -0.15) is 0 Å². The van der Waals surface area contributed by atoms with E-state index in [2.05, 4.69) is 39.4 Å². The Kier molecular flexibility index (Phi) is 4.69. The molecule has 0 saturated carbocycles. The summed E-state index contributed by atoms with van der Waals surface area (Å²) in [4.78, 5) is 24.6. The number of nitrogens with two attached hydrogens (primary N) is 1. The number of likely N-dealkylation sites (N-methyl/N-ethyl adjacent to an activating group) is 1. The van der Waals surface area contributed by atoms with E-state index in [1.165, 1.54) is 22.5 Å². The molecule has 1 amide bonds. The number of nitrogens with zero attached hydrogens (tertiary/aromatic N) is 3. The van der Waals surface area contributed by atoms with Crippen LogP contribution >= 0.6 is 11.3 Å². The summed E-state index contributed by atoms with van der Waals surface area (Å²) < 4.78 is 0. The van der Waals surface area contributed by atoms with Gasteiger partial charge in [0.15, 0.2) is 5.13 Å². The third kappa shape index (κ3) is 3.65. The lowest BCUT2D eigenvalue weighted by Gasteiger charge is -2.25. The van der Waals surface area contributed by atoms with Crippen molar-refractivity contribution in [1.29, 1.82) is 0 Å². The fourth-order valence-corrected chi connectivity index (χ4v) is 4.49. The number of rotatable bonds is 3. The van der Waals surface area contributed by atoms with Crippen molar-refractivity contribution in [3.05, 3.63) is 71.5 Å². The van der Waals surface area contributed by atoms with Crippen molar-refractivity contribution in [2.75, 3.05) is 24.6 Å². The van der Waals surface area contributed by atoms with Crippen LogP contribution in [-0.2, 0) is 13.0 Å². The minimum absolute atomic E-state index is 0.144. The zero-order valence-electron chi connectivity index (χ0n) is 16.6. The Morgan fingerprint density at radius 1 is 1.07 bits per heavy atom. The highest BCUT2D eigenvalue weighted by Gasteiger charge is 2.16. The second kappa shape index (κ2) is 7.51. The lowest BCUT2D eigenvalue weighted by atomic mass is 9.97. The highest BCUT2D eigenvalue weighted by atomic mass is 32.1. The van der Waals surface area contributed by atoms with E-state index >= 15 is 0 Å². The minimum atomic E-state index is -0.144. The summed E-state index contributed by atoms with van der Waals surface area (Å²) in [7, 11) is 2.12. The molecule has 7 heteroatoms. The molecule has 2 aromatic heterocycles. The first-order valence-electron chi connectivity index (χ1n) is 9.78. The number of nitrogen functional groups attached to an aromatic ring is 1. The summed E-state index contributed by atoms with van der Waals surface area (Å²) in [6, 6.07) is 14.0. The van der Waals surface area contributed by atoms with Crippen molar-refractivity contribution < 1.29 is 4.79 Å². The third-order valence-electron chi connectivity index (χ3n) is 5.44. The van der Waals surface area contributed by atoms with Crippen LogP contribution in [0.4, 0.5) is 10.9 Å². The van der Waals surface area contributed by atoms with E-state index in [0.717, 1.165) is 40.7 Å². The molecular formula is C23H21N5OS. The van der Waals surface area contributed by atoms with Gasteiger partial charge in [0.25, 0.3) is 5.91 Å². The summed E-state index contributed by atoms with van der Waals surface area (Å²) in [5, 5.41) is 5.49. The molecular weight excluding hydrogens is 394 g/mol. The van der Waals surface area contributed by atoms with Crippen molar-refractivity contribution in [1.82, 2.24) is 14.9 Å². The van der Waals surface area contributed by atoms with E-state index in [-0.39, 0.29) is 5.91 Å². The molecule has 0 aliphatic carbocycles. The number of carbonyl (C=O) groups excluding carboxylic acids is 1. The standard InChI is InChI=1S/C23H21N5OS/c1-28-7-6-14-8-16(3-5-18(14)13-28)22(29)27-21-10-19-9-15(2-4-17(19)11-25-21)20-12-26-23(24)30-20/h2-5,8-12H,6-7,13H2,1H3,(H2,24,26)(H,25,27,29). The van der Waals surface area contributed by atoms with Gasteiger partial charge in [-0.3, -0.25) is 4.79 Å². The molecule has 6 nitrogen and oxygen atoms in total. The Labute approximate surface area is 178 Å². The highest BCUT2D eigenvalue weighted by Crippen LogP contribution is 2.30. The Morgan fingerprint density at radius 3 is 2.80 bits per heavy atom. The lowest BCUT2D eigenvalue weighted by molar-refractivity contribution is 0.102. The number of aromatic nitrogens is 2. The quantitative estimate of drug-likeness (QED) is 0.524. The van der Waals surface area contributed by atoms with Crippen LogP contribution in [0.5, 0.6) is 0 Å². The van der Waals surface area contributed by atoms with Crippen molar-refractivity contribution in [3.8, 4) is 10.4 Å². The first-order chi connectivity index (χ1) is 14.5. The van der Waals surface area contributed by atoms with Crippen LogP contribution < -0.4 is 11.1 Å². The number of amides is 1. The molecule has 0 bridgehead atoms. The number of hydrogen-bond donors (Lipinski definition) is 2. The van der Waals surface area contributed by atoms with Gasteiger partial charge in [-0.05, 0) is 59.8 Å². The smallest absolute Gasteiger partial charge is 0.256 e. The number of anilines is 2. The largest absolute Gasteiger partial charge is 0.375 e. The van der Waals surface area contributed by atoms with Crippen LogP contribution in [0.2, 0.25) is 0 Å². The van der Waals surface area contributed by atoms with Crippen LogP contribution in [0.15, 0.2) is 54.9 Å². The van der Waals surface area contributed by atoms with Crippen molar-refractivity contribution in [3.63, 3.8) is 0 Å². The van der Waals surface area contributed by atoms with Gasteiger partial charge in [-0.1, -0.05) is 29.5 Å². The summed E-state index contributed by atoms with van der Waals surface area (Å²) >= 11 is 1.45. The second-order valence-electron chi connectivity index (χ2n) is 7.62. The van der Waals surface area contributed by atoms with E-state index < -0.39 is 0 Å². The summed E-state index contributed by atoms with van der Waals surface area (Å²) in [5.74, 6) is 0.390. The second-order valence-corrected chi connectivity index (χ2v) is 8.68. The first-order valence-corrected chi connectivity index (χ1v) is 10.6. The Hall–Kier alpha value is -3.29. The molecule has 0 unspecified atom stereocenters. The molecule has 3 N–H and O–H groups in total. The van der Waals surface area contributed by atoms with Crippen LogP contribution in [0.1, 0.15) is 21.5 Å². The Bertz CT molecular complexity index is 1270. The minimum Gasteiger partial charge on any atom is -0.375 e. The van der Waals surface area contributed by atoms with Crippen LogP contribution in [-0.4, -0.2) is 34.4 Å². The molecule has 0 spiro atoms. The van der Waals surface area contributed by atoms with Crippen LogP contribution in [0, 0.1) is 0 Å². The molecule has 150 valence electrons. The summed E-state index contributed by atoms with van der Waals surface area (Å²) in [6.07, 6.45) is 4.52. The molecule has 1 aliphatic heterocycles. The van der Waals surface area contributed by atoms with Gasteiger partial charge in [0, 0.05) is 36.4 Å². The molecule has 2 aromatic carbocycles. The normalized spacial score (nSPS) is 13.9. The van der Waals surface area contributed by atoms with Gasteiger partial charge in [-0.15, -0.1) is 0 Å². The number of benzene rings is 2. The van der Waals surface area contributed by atoms with Crippen molar-refractivity contribution in [2.45, 2.75) is 13.0 Å². The number of carbonyl (C=O) groups is 1.